The van der Waals surface area contributed by atoms with Gasteiger partial charge >= 0.3 is 0 Å². The molecule has 1 N–H and O–H groups in total. The van der Waals surface area contributed by atoms with Crippen molar-refractivity contribution in [3.05, 3.63) is 40.9 Å². The van der Waals surface area contributed by atoms with Gasteiger partial charge < -0.3 is 5.32 Å². The molecule has 0 fully saturated rings. The summed E-state index contributed by atoms with van der Waals surface area (Å²) in [7, 11) is 1.82. The lowest BCUT2D eigenvalue weighted by molar-refractivity contribution is 1.02. The summed E-state index contributed by atoms with van der Waals surface area (Å²) in [5.41, 5.74) is 2.92. The van der Waals surface area contributed by atoms with Crippen LogP contribution < -0.4 is 5.32 Å². The van der Waals surface area contributed by atoms with Crippen LogP contribution in [0.5, 0.6) is 0 Å². The number of hydrogen-bond donors (Lipinski definition) is 1. The van der Waals surface area contributed by atoms with E-state index in [-0.39, 0.29) is 0 Å². The van der Waals surface area contributed by atoms with Crippen LogP contribution in [0, 0.1) is 6.92 Å². The van der Waals surface area contributed by atoms with E-state index < -0.39 is 0 Å². The average molecular weight is 234 g/mol. The molecule has 3 nitrogen and oxygen atoms in total. The topological polar surface area (TPSA) is 37.8 Å². The second-order valence-electron chi connectivity index (χ2n) is 3.52. The monoisotopic (exact) mass is 233 g/mol. The second-order valence-corrected chi connectivity index (χ2v) is 3.96. The standard InChI is InChI=1S/C12H12ClN3/c1-8-6-11(14-2)15-16-12(8)9-4-3-5-10(13)7-9/h3-7H,1-2H3,(H,14,15). The van der Waals surface area contributed by atoms with Gasteiger partial charge in [0.1, 0.15) is 5.82 Å². The average Bonchev–Trinajstić information content (AvgIpc) is 2.28. The molecular formula is C12H12ClN3. The second kappa shape index (κ2) is 4.49. The third kappa shape index (κ3) is 2.14. The van der Waals surface area contributed by atoms with Crippen LogP contribution in [-0.4, -0.2) is 17.2 Å². The van der Waals surface area contributed by atoms with Crippen LogP contribution in [0.2, 0.25) is 5.02 Å². The van der Waals surface area contributed by atoms with Crippen LogP contribution >= 0.6 is 11.6 Å². The zero-order valence-electron chi connectivity index (χ0n) is 9.16. The predicted molar refractivity (Wildman–Crippen MR) is 66.8 cm³/mol. The molecule has 1 heterocycles. The lowest BCUT2D eigenvalue weighted by Crippen LogP contribution is -1.98. The van der Waals surface area contributed by atoms with Crippen LogP contribution in [0.15, 0.2) is 30.3 Å². The highest BCUT2D eigenvalue weighted by atomic mass is 35.5. The Morgan fingerprint density at radius 2 is 2.00 bits per heavy atom. The van der Waals surface area contributed by atoms with E-state index in [1.54, 1.807) is 0 Å². The van der Waals surface area contributed by atoms with Gasteiger partial charge in [-0.05, 0) is 30.7 Å². The van der Waals surface area contributed by atoms with E-state index in [9.17, 15) is 0 Å². The molecule has 4 heteroatoms. The number of hydrogen-bond acceptors (Lipinski definition) is 3. The van der Waals surface area contributed by atoms with Crippen LogP contribution in [0.3, 0.4) is 0 Å². The molecule has 0 aliphatic heterocycles. The number of nitrogens with zero attached hydrogens (tertiary/aromatic N) is 2. The molecule has 16 heavy (non-hydrogen) atoms. The van der Waals surface area contributed by atoms with Gasteiger partial charge in [-0.25, -0.2) is 0 Å². The van der Waals surface area contributed by atoms with Gasteiger partial charge in [-0.2, -0.15) is 0 Å². The molecule has 82 valence electrons. The summed E-state index contributed by atoms with van der Waals surface area (Å²) in [4.78, 5) is 0. The quantitative estimate of drug-likeness (QED) is 0.866. The summed E-state index contributed by atoms with van der Waals surface area (Å²) >= 11 is 5.95. The first-order valence-corrected chi connectivity index (χ1v) is 5.36. The first-order valence-electron chi connectivity index (χ1n) is 4.98. The summed E-state index contributed by atoms with van der Waals surface area (Å²) in [5, 5.41) is 11.9. The molecule has 0 unspecified atom stereocenters. The molecule has 1 aromatic heterocycles. The van der Waals surface area contributed by atoms with Crippen molar-refractivity contribution in [3.63, 3.8) is 0 Å². The predicted octanol–water partition coefficient (Wildman–Crippen LogP) is 3.15. The first-order chi connectivity index (χ1) is 7.70. The van der Waals surface area contributed by atoms with E-state index in [1.165, 1.54) is 0 Å². The normalized spacial score (nSPS) is 10.2. The lowest BCUT2D eigenvalue weighted by atomic mass is 10.1. The van der Waals surface area contributed by atoms with Gasteiger partial charge in [-0.15, -0.1) is 10.2 Å². The van der Waals surface area contributed by atoms with E-state index in [0.717, 1.165) is 22.6 Å². The van der Waals surface area contributed by atoms with E-state index in [2.05, 4.69) is 15.5 Å². The number of aryl methyl sites for hydroxylation is 1. The van der Waals surface area contributed by atoms with E-state index in [4.69, 9.17) is 11.6 Å². The minimum absolute atomic E-state index is 0.705. The molecule has 0 aliphatic carbocycles. The number of halogens is 1. The number of aromatic nitrogens is 2. The van der Waals surface area contributed by atoms with Gasteiger partial charge in [0.25, 0.3) is 0 Å². The molecule has 0 saturated carbocycles. The van der Waals surface area contributed by atoms with Crippen LogP contribution in [-0.2, 0) is 0 Å². The van der Waals surface area contributed by atoms with E-state index >= 15 is 0 Å². The number of rotatable bonds is 2. The van der Waals surface area contributed by atoms with Crippen molar-refractivity contribution in [1.82, 2.24) is 10.2 Å². The Morgan fingerprint density at radius 3 is 2.62 bits per heavy atom. The van der Waals surface area contributed by atoms with Gasteiger partial charge in [-0.1, -0.05) is 23.7 Å². The Hall–Kier alpha value is -1.61. The Kier molecular flexibility index (Phi) is 3.06. The summed E-state index contributed by atoms with van der Waals surface area (Å²) in [6.07, 6.45) is 0. The molecule has 0 atom stereocenters. The molecule has 2 rings (SSSR count). The van der Waals surface area contributed by atoms with E-state index in [0.29, 0.717) is 5.02 Å². The van der Waals surface area contributed by atoms with E-state index in [1.807, 2.05) is 44.3 Å². The van der Waals surface area contributed by atoms with Gasteiger partial charge in [-0.3, -0.25) is 0 Å². The Labute approximate surface area is 99.5 Å². The minimum atomic E-state index is 0.705. The number of anilines is 1. The molecule has 1 aromatic carbocycles. The van der Waals surface area contributed by atoms with Gasteiger partial charge in [0.05, 0.1) is 5.69 Å². The molecular weight excluding hydrogens is 222 g/mol. The maximum Gasteiger partial charge on any atom is 0.148 e. The summed E-state index contributed by atoms with van der Waals surface area (Å²) in [6.45, 7) is 2.01. The van der Waals surface area contributed by atoms with Crippen molar-refractivity contribution in [2.75, 3.05) is 12.4 Å². The third-order valence-electron chi connectivity index (χ3n) is 2.34. The molecule has 0 bridgehead atoms. The molecule has 0 spiro atoms. The Bertz CT molecular complexity index is 511. The molecule has 0 amide bonds. The Balaban J connectivity index is 2.48. The molecule has 0 aliphatic rings. The summed E-state index contributed by atoms with van der Waals surface area (Å²) < 4.78 is 0. The smallest absolute Gasteiger partial charge is 0.148 e. The fourth-order valence-corrected chi connectivity index (χ4v) is 1.72. The van der Waals surface area contributed by atoms with Crippen molar-refractivity contribution in [1.29, 1.82) is 0 Å². The molecule has 0 radical (unpaired) electrons. The van der Waals surface area contributed by atoms with Crippen molar-refractivity contribution >= 4 is 17.4 Å². The van der Waals surface area contributed by atoms with Crippen molar-refractivity contribution < 1.29 is 0 Å². The Morgan fingerprint density at radius 1 is 1.19 bits per heavy atom. The number of benzene rings is 1. The SMILES string of the molecule is CNc1cc(C)c(-c2cccc(Cl)c2)nn1. The maximum atomic E-state index is 5.95. The number of nitrogens with one attached hydrogen (secondary N) is 1. The largest absolute Gasteiger partial charge is 0.372 e. The fourth-order valence-electron chi connectivity index (χ4n) is 1.53. The minimum Gasteiger partial charge on any atom is -0.372 e. The van der Waals surface area contributed by atoms with Gasteiger partial charge in [0, 0.05) is 17.6 Å². The third-order valence-corrected chi connectivity index (χ3v) is 2.57. The molecule has 2 aromatic rings. The molecule has 0 saturated heterocycles. The maximum absolute atomic E-state index is 5.95. The van der Waals surface area contributed by atoms with Crippen LogP contribution in [0.4, 0.5) is 5.82 Å². The highest BCUT2D eigenvalue weighted by Crippen LogP contribution is 2.24. The van der Waals surface area contributed by atoms with Gasteiger partial charge in [0.2, 0.25) is 0 Å². The van der Waals surface area contributed by atoms with Gasteiger partial charge in [0.15, 0.2) is 0 Å². The first kappa shape index (κ1) is 10.9. The van der Waals surface area contributed by atoms with Crippen LogP contribution in [0.25, 0.3) is 11.3 Å². The van der Waals surface area contributed by atoms with Crippen molar-refractivity contribution in [3.8, 4) is 11.3 Å². The van der Waals surface area contributed by atoms with Crippen LogP contribution in [0.1, 0.15) is 5.56 Å². The van der Waals surface area contributed by atoms with Crippen molar-refractivity contribution in [2.45, 2.75) is 6.92 Å². The van der Waals surface area contributed by atoms with Crippen molar-refractivity contribution in [2.24, 2.45) is 0 Å². The zero-order valence-corrected chi connectivity index (χ0v) is 9.92. The zero-order chi connectivity index (χ0) is 11.5. The summed E-state index contributed by atoms with van der Waals surface area (Å²) in [5.74, 6) is 0.767. The highest BCUT2D eigenvalue weighted by molar-refractivity contribution is 6.30. The summed E-state index contributed by atoms with van der Waals surface area (Å²) in [6, 6.07) is 9.57. The fraction of sp³-hybridized carbons (Fsp3) is 0.167. The highest BCUT2D eigenvalue weighted by Gasteiger charge is 2.05. The lowest BCUT2D eigenvalue weighted by Gasteiger charge is -2.06.